The number of anilines is 1. The number of rotatable bonds is 5. The van der Waals surface area contributed by atoms with Crippen molar-refractivity contribution in [1.29, 1.82) is 0 Å². The van der Waals surface area contributed by atoms with Gasteiger partial charge in [0.15, 0.2) is 0 Å². The van der Waals surface area contributed by atoms with Crippen molar-refractivity contribution >= 4 is 21.7 Å². The van der Waals surface area contributed by atoms with Crippen molar-refractivity contribution in [2.24, 2.45) is 0 Å². The molecule has 1 aliphatic heterocycles. The van der Waals surface area contributed by atoms with E-state index in [1.54, 1.807) is 0 Å². The molecule has 144 valence electrons. The van der Waals surface area contributed by atoms with E-state index in [0.717, 1.165) is 43.4 Å². The zero-order valence-electron chi connectivity index (χ0n) is 15.2. The zero-order chi connectivity index (χ0) is 18.4. The number of nitrogens with zero attached hydrogens (tertiary/aromatic N) is 1. The van der Waals surface area contributed by atoms with Crippen molar-refractivity contribution in [1.82, 2.24) is 10.6 Å². The highest BCUT2D eigenvalue weighted by Crippen LogP contribution is 2.29. The highest BCUT2D eigenvalue weighted by atomic mass is 32.2. The van der Waals surface area contributed by atoms with Gasteiger partial charge in [0, 0.05) is 19.1 Å². The first-order valence-electron chi connectivity index (χ1n) is 9.69. The van der Waals surface area contributed by atoms with Crippen molar-refractivity contribution in [3.05, 3.63) is 29.8 Å². The summed E-state index contributed by atoms with van der Waals surface area (Å²) in [5.74, 6) is -0.0839. The molecular formula is C19H29N3O3S. The Morgan fingerprint density at radius 2 is 1.77 bits per heavy atom. The van der Waals surface area contributed by atoms with Crippen LogP contribution in [0.25, 0.3) is 0 Å². The molecule has 1 fully saturated rings. The summed E-state index contributed by atoms with van der Waals surface area (Å²) in [4.78, 5) is 12.1. The van der Waals surface area contributed by atoms with Gasteiger partial charge in [0.2, 0.25) is 10.0 Å². The van der Waals surface area contributed by atoms with Crippen molar-refractivity contribution in [3.8, 4) is 0 Å². The Bertz CT molecular complexity index is 712. The quantitative estimate of drug-likeness (QED) is 0.826. The molecule has 0 bridgehead atoms. The third-order valence-corrected chi connectivity index (χ3v) is 7.04. The number of hydrogen-bond acceptors (Lipinski definition) is 3. The van der Waals surface area contributed by atoms with E-state index in [4.69, 9.17) is 0 Å². The van der Waals surface area contributed by atoms with Crippen LogP contribution in [0.1, 0.15) is 50.5 Å². The van der Waals surface area contributed by atoms with Crippen molar-refractivity contribution < 1.29 is 13.2 Å². The van der Waals surface area contributed by atoms with Crippen LogP contribution in [-0.2, 0) is 16.4 Å². The summed E-state index contributed by atoms with van der Waals surface area (Å²) in [5.41, 5.74) is 1.83. The van der Waals surface area contributed by atoms with Gasteiger partial charge in [-0.3, -0.25) is 4.31 Å². The third kappa shape index (κ3) is 4.90. The predicted octanol–water partition coefficient (Wildman–Crippen LogP) is 2.79. The van der Waals surface area contributed by atoms with Crippen LogP contribution in [0, 0.1) is 0 Å². The van der Waals surface area contributed by atoms with Crippen molar-refractivity contribution in [2.75, 3.05) is 23.1 Å². The maximum absolute atomic E-state index is 12.6. The minimum Gasteiger partial charge on any atom is -0.337 e. The molecule has 1 heterocycles. The molecule has 1 aromatic carbocycles. The van der Waals surface area contributed by atoms with Gasteiger partial charge in [-0.1, -0.05) is 50.3 Å². The standard InChI is InChI=1S/C19H29N3O3S/c23-19(21-17-9-4-2-1-3-5-10-17)20-13-15-26(24,25)22-14-12-16-8-6-7-11-18(16)22/h6-8,11,17H,1-5,9-10,12-15H2,(H2,20,21,23). The molecule has 0 aromatic heterocycles. The zero-order valence-corrected chi connectivity index (χ0v) is 16.1. The molecule has 0 unspecified atom stereocenters. The fourth-order valence-corrected chi connectivity index (χ4v) is 5.27. The lowest BCUT2D eigenvalue weighted by Crippen LogP contribution is -2.44. The Labute approximate surface area is 156 Å². The number of para-hydroxylation sites is 1. The maximum atomic E-state index is 12.6. The summed E-state index contributed by atoms with van der Waals surface area (Å²) in [7, 11) is -3.42. The second-order valence-corrected chi connectivity index (χ2v) is 9.22. The lowest BCUT2D eigenvalue weighted by molar-refractivity contribution is 0.234. The average Bonchev–Trinajstić information content (AvgIpc) is 3.02. The SMILES string of the molecule is O=C(NCCS(=O)(=O)N1CCc2ccccc21)NC1CCCCCCC1. The molecule has 1 aromatic rings. The van der Waals surface area contributed by atoms with E-state index in [1.165, 1.54) is 23.6 Å². The van der Waals surface area contributed by atoms with E-state index >= 15 is 0 Å². The molecular weight excluding hydrogens is 350 g/mol. The number of carbonyl (C=O) groups is 1. The smallest absolute Gasteiger partial charge is 0.315 e. The number of sulfonamides is 1. The Morgan fingerprint density at radius 1 is 1.08 bits per heavy atom. The minimum atomic E-state index is -3.42. The molecule has 26 heavy (non-hydrogen) atoms. The summed E-state index contributed by atoms with van der Waals surface area (Å²) < 4.78 is 26.7. The van der Waals surface area contributed by atoms with Gasteiger partial charge in [-0.05, 0) is 30.9 Å². The summed E-state index contributed by atoms with van der Waals surface area (Å²) in [6.07, 6.45) is 8.81. The molecule has 1 aliphatic carbocycles. The van der Waals surface area contributed by atoms with Crippen molar-refractivity contribution in [3.63, 3.8) is 0 Å². The molecule has 0 spiro atoms. The highest BCUT2D eigenvalue weighted by Gasteiger charge is 2.28. The number of carbonyl (C=O) groups excluding carboxylic acids is 1. The van der Waals surface area contributed by atoms with Gasteiger partial charge in [0.05, 0.1) is 11.4 Å². The number of fused-ring (bicyclic) bond motifs is 1. The van der Waals surface area contributed by atoms with Gasteiger partial charge < -0.3 is 10.6 Å². The minimum absolute atomic E-state index is 0.0839. The topological polar surface area (TPSA) is 78.5 Å². The van der Waals surface area contributed by atoms with Crippen LogP contribution in [0.2, 0.25) is 0 Å². The highest BCUT2D eigenvalue weighted by molar-refractivity contribution is 7.92. The largest absolute Gasteiger partial charge is 0.337 e. The van der Waals surface area contributed by atoms with E-state index in [1.807, 2.05) is 24.3 Å². The number of benzene rings is 1. The number of urea groups is 1. The predicted molar refractivity (Wildman–Crippen MR) is 104 cm³/mol. The molecule has 7 heteroatoms. The molecule has 6 nitrogen and oxygen atoms in total. The first-order valence-corrected chi connectivity index (χ1v) is 11.3. The van der Waals surface area contributed by atoms with Crippen LogP contribution < -0.4 is 14.9 Å². The van der Waals surface area contributed by atoms with Crippen LogP contribution in [0.15, 0.2) is 24.3 Å². The summed E-state index contributed by atoms with van der Waals surface area (Å²) in [5, 5.41) is 5.71. The molecule has 0 radical (unpaired) electrons. The van der Waals surface area contributed by atoms with Crippen LogP contribution in [0.3, 0.4) is 0 Å². The number of hydrogen-bond donors (Lipinski definition) is 2. The van der Waals surface area contributed by atoms with E-state index in [2.05, 4.69) is 10.6 Å². The van der Waals surface area contributed by atoms with Gasteiger partial charge in [0.1, 0.15) is 0 Å². The summed E-state index contributed by atoms with van der Waals surface area (Å²) in [6.45, 7) is 0.607. The first-order chi connectivity index (χ1) is 12.6. The van der Waals surface area contributed by atoms with Gasteiger partial charge in [-0.15, -0.1) is 0 Å². The lowest BCUT2D eigenvalue weighted by atomic mass is 9.97. The maximum Gasteiger partial charge on any atom is 0.315 e. The summed E-state index contributed by atoms with van der Waals surface area (Å²) in [6, 6.07) is 7.54. The van der Waals surface area contributed by atoms with Crippen LogP contribution in [0.5, 0.6) is 0 Å². The van der Waals surface area contributed by atoms with E-state index < -0.39 is 10.0 Å². The fraction of sp³-hybridized carbons (Fsp3) is 0.632. The van der Waals surface area contributed by atoms with Crippen LogP contribution >= 0.6 is 0 Å². The van der Waals surface area contributed by atoms with Gasteiger partial charge in [0.25, 0.3) is 0 Å². The lowest BCUT2D eigenvalue weighted by Gasteiger charge is -2.22. The van der Waals surface area contributed by atoms with E-state index in [0.29, 0.717) is 6.54 Å². The Morgan fingerprint density at radius 3 is 2.54 bits per heavy atom. The van der Waals surface area contributed by atoms with Gasteiger partial charge in [-0.25, -0.2) is 13.2 Å². The average molecular weight is 380 g/mol. The molecule has 1 saturated carbocycles. The third-order valence-electron chi connectivity index (χ3n) is 5.27. The molecule has 0 saturated heterocycles. The fourth-order valence-electron chi connectivity index (χ4n) is 3.84. The molecule has 3 rings (SSSR count). The molecule has 2 aliphatic rings. The number of nitrogens with one attached hydrogen (secondary N) is 2. The molecule has 0 atom stereocenters. The van der Waals surface area contributed by atoms with Gasteiger partial charge >= 0.3 is 6.03 Å². The monoisotopic (exact) mass is 379 g/mol. The van der Waals surface area contributed by atoms with E-state index in [-0.39, 0.29) is 24.4 Å². The van der Waals surface area contributed by atoms with Crippen LogP contribution in [-0.4, -0.2) is 39.3 Å². The Hall–Kier alpha value is -1.76. The number of amides is 2. The Kier molecular flexibility index (Phi) is 6.40. The molecule has 2 N–H and O–H groups in total. The second-order valence-electron chi connectivity index (χ2n) is 7.21. The van der Waals surface area contributed by atoms with Crippen molar-refractivity contribution in [2.45, 2.75) is 57.4 Å². The normalized spacial score (nSPS) is 18.7. The molecule has 2 amide bonds. The van der Waals surface area contributed by atoms with Crippen LogP contribution in [0.4, 0.5) is 10.5 Å². The van der Waals surface area contributed by atoms with E-state index in [9.17, 15) is 13.2 Å². The second kappa shape index (κ2) is 8.75. The first kappa shape index (κ1) is 19.0. The Balaban J connectivity index is 1.46. The van der Waals surface area contributed by atoms with Gasteiger partial charge in [-0.2, -0.15) is 0 Å². The summed E-state index contributed by atoms with van der Waals surface area (Å²) >= 11 is 0.